The first-order valence-corrected chi connectivity index (χ1v) is 17.1. The van der Waals surface area contributed by atoms with Crippen LogP contribution in [0.25, 0.3) is 0 Å². The van der Waals surface area contributed by atoms with Gasteiger partial charge in [0.2, 0.25) is 11.8 Å². The highest BCUT2D eigenvalue weighted by atomic mass is 35.5. The fourth-order valence-corrected chi connectivity index (χ4v) is 8.83. The molecule has 7 rings (SSSR count). The van der Waals surface area contributed by atoms with Crippen molar-refractivity contribution in [2.45, 2.75) is 31.9 Å². The standard InChI is InChI=1S/C36H30Cl2F4N4O6/c1-35-22(32(49)45(34(35)51)17-7-11-25(39)24(38)15-17)16-21-18(29(35)19-5-3-4-6-26(19)52-14-13-47)8-9-20-28(21)33(50)46(31(20)48)44(2)30-23(37)10-12-27(43-30)36(40,41)42/h3-8,10-12,15,20-22,28-29,47H,9,13-14,16H2,1-2H3. The van der Waals surface area contributed by atoms with Gasteiger partial charge in [0.1, 0.15) is 23.9 Å². The van der Waals surface area contributed by atoms with Crippen LogP contribution < -0.4 is 14.6 Å². The zero-order valence-electron chi connectivity index (χ0n) is 27.5. The van der Waals surface area contributed by atoms with Crippen molar-refractivity contribution in [2.24, 2.45) is 29.1 Å². The summed E-state index contributed by atoms with van der Waals surface area (Å²) in [5, 5.41) is 10.7. The highest BCUT2D eigenvalue weighted by molar-refractivity contribution is 6.33. The summed E-state index contributed by atoms with van der Waals surface area (Å²) in [7, 11) is 1.22. The number of carbonyl (C=O) groups excluding carboxylic acids is 4. The van der Waals surface area contributed by atoms with Crippen LogP contribution in [0.1, 0.15) is 36.9 Å². The van der Waals surface area contributed by atoms with Crippen LogP contribution in [0.5, 0.6) is 5.75 Å². The van der Waals surface area contributed by atoms with Gasteiger partial charge in [0.05, 0.1) is 45.5 Å². The van der Waals surface area contributed by atoms with E-state index in [4.69, 9.17) is 27.9 Å². The second kappa shape index (κ2) is 12.8. The number of aliphatic hydroxyl groups excluding tert-OH is 1. The maximum atomic E-state index is 14.6. The van der Waals surface area contributed by atoms with E-state index in [1.54, 1.807) is 37.3 Å². The summed E-state index contributed by atoms with van der Waals surface area (Å²) in [5.41, 5.74) is -1.57. The molecular formula is C36H30Cl2F4N4O6. The number of anilines is 2. The number of rotatable bonds is 7. The van der Waals surface area contributed by atoms with Crippen LogP contribution in [0.15, 0.2) is 66.2 Å². The monoisotopic (exact) mass is 760 g/mol. The number of benzene rings is 2. The third kappa shape index (κ3) is 5.36. The van der Waals surface area contributed by atoms with Crippen molar-refractivity contribution < 1.29 is 46.6 Å². The van der Waals surface area contributed by atoms with Crippen LogP contribution in [0, 0.1) is 34.9 Å². The number of ether oxygens (including phenoxy) is 1. The molecule has 0 spiro atoms. The van der Waals surface area contributed by atoms with E-state index in [2.05, 4.69) is 4.98 Å². The molecule has 2 aliphatic carbocycles. The van der Waals surface area contributed by atoms with Crippen molar-refractivity contribution in [1.29, 1.82) is 0 Å². The zero-order valence-corrected chi connectivity index (χ0v) is 29.0. The Kier molecular flexibility index (Phi) is 8.86. The van der Waals surface area contributed by atoms with Gasteiger partial charge in [0.25, 0.3) is 11.8 Å². The molecule has 2 saturated heterocycles. The lowest BCUT2D eigenvalue weighted by molar-refractivity contribution is -0.141. The predicted molar refractivity (Wildman–Crippen MR) is 180 cm³/mol. The number of hydrazine groups is 1. The highest BCUT2D eigenvalue weighted by Crippen LogP contribution is 2.64. The molecule has 0 bridgehead atoms. The average Bonchev–Trinajstić information content (AvgIpc) is 3.47. The zero-order chi connectivity index (χ0) is 37.4. The number of halogens is 6. The van der Waals surface area contributed by atoms with Gasteiger partial charge in [-0.05, 0) is 62.1 Å². The molecule has 3 heterocycles. The van der Waals surface area contributed by atoms with Gasteiger partial charge in [-0.15, -0.1) is 0 Å². The van der Waals surface area contributed by atoms with Gasteiger partial charge in [-0.1, -0.05) is 53.1 Å². The maximum Gasteiger partial charge on any atom is 0.433 e. The number of alkyl halides is 3. The lowest BCUT2D eigenvalue weighted by Gasteiger charge is -2.49. The second-order valence-corrected chi connectivity index (χ2v) is 14.2. The molecule has 6 unspecified atom stereocenters. The molecule has 1 saturated carbocycles. The minimum absolute atomic E-state index is 0.0329. The Labute approximate surface area is 304 Å². The van der Waals surface area contributed by atoms with Gasteiger partial charge >= 0.3 is 6.18 Å². The van der Waals surface area contributed by atoms with Crippen LogP contribution in [0.2, 0.25) is 10.0 Å². The topological polar surface area (TPSA) is 120 Å². The normalized spacial score (nSPS) is 27.0. The number of hydrogen-bond donors (Lipinski definition) is 1. The minimum Gasteiger partial charge on any atom is -0.491 e. The number of amides is 4. The van der Waals surface area contributed by atoms with E-state index in [1.165, 1.54) is 19.2 Å². The van der Waals surface area contributed by atoms with Gasteiger partial charge in [-0.2, -0.15) is 18.2 Å². The Balaban J connectivity index is 1.34. The smallest absolute Gasteiger partial charge is 0.433 e. The molecule has 6 atom stereocenters. The molecule has 0 radical (unpaired) electrons. The largest absolute Gasteiger partial charge is 0.491 e. The Morgan fingerprint density at radius 2 is 1.73 bits per heavy atom. The second-order valence-electron chi connectivity index (χ2n) is 13.4. The average molecular weight is 762 g/mol. The Hall–Kier alpha value is -4.53. The Morgan fingerprint density at radius 1 is 1.00 bits per heavy atom. The first-order valence-electron chi connectivity index (χ1n) is 16.3. The van der Waals surface area contributed by atoms with E-state index < -0.39 is 82.1 Å². The van der Waals surface area contributed by atoms with E-state index in [9.17, 15) is 41.8 Å². The lowest BCUT2D eigenvalue weighted by atomic mass is 9.51. The summed E-state index contributed by atoms with van der Waals surface area (Å²) in [6, 6.07) is 12.0. The van der Waals surface area contributed by atoms with Gasteiger partial charge in [-0.25, -0.2) is 14.3 Å². The van der Waals surface area contributed by atoms with Crippen molar-refractivity contribution in [3.8, 4) is 5.75 Å². The molecule has 3 fully saturated rings. The number of para-hydroxylation sites is 1. The fourth-order valence-electron chi connectivity index (χ4n) is 8.43. The molecule has 1 aromatic heterocycles. The van der Waals surface area contributed by atoms with Crippen LogP contribution in [-0.4, -0.2) is 59.0 Å². The van der Waals surface area contributed by atoms with Crippen molar-refractivity contribution >= 4 is 58.3 Å². The third-order valence-corrected chi connectivity index (χ3v) is 11.3. The predicted octanol–water partition coefficient (Wildman–Crippen LogP) is 6.20. The fraction of sp³-hybridized carbons (Fsp3) is 0.361. The van der Waals surface area contributed by atoms with E-state index in [-0.39, 0.29) is 41.8 Å². The summed E-state index contributed by atoms with van der Waals surface area (Å²) < 4.78 is 60.8. The summed E-state index contributed by atoms with van der Waals surface area (Å²) in [6.07, 6.45) is -3.02. The Morgan fingerprint density at radius 3 is 2.42 bits per heavy atom. The summed E-state index contributed by atoms with van der Waals surface area (Å²) in [6.45, 7) is 1.27. The minimum atomic E-state index is -4.83. The molecule has 16 heteroatoms. The molecule has 10 nitrogen and oxygen atoms in total. The first kappa shape index (κ1) is 35.9. The molecule has 4 aliphatic rings. The van der Waals surface area contributed by atoms with Crippen LogP contribution in [0.3, 0.4) is 0 Å². The van der Waals surface area contributed by atoms with E-state index >= 15 is 0 Å². The molecular weight excluding hydrogens is 731 g/mol. The number of nitrogens with zero attached hydrogens (tertiary/aromatic N) is 4. The number of aromatic nitrogens is 1. The summed E-state index contributed by atoms with van der Waals surface area (Å²) in [4.78, 5) is 62.0. The van der Waals surface area contributed by atoms with Gasteiger partial charge in [0, 0.05) is 18.5 Å². The summed E-state index contributed by atoms with van der Waals surface area (Å²) in [5.74, 6) is -8.19. The van der Waals surface area contributed by atoms with Crippen molar-refractivity contribution in [3.63, 3.8) is 0 Å². The lowest BCUT2D eigenvalue weighted by Crippen LogP contribution is -2.49. The van der Waals surface area contributed by atoms with E-state index in [1.807, 2.05) is 0 Å². The molecule has 1 N–H and O–H groups in total. The number of imide groups is 2. The Bertz CT molecular complexity index is 2060. The van der Waals surface area contributed by atoms with E-state index in [0.717, 1.165) is 27.1 Å². The number of fused-ring (bicyclic) bond motifs is 4. The number of aliphatic hydroxyl groups is 1. The van der Waals surface area contributed by atoms with Gasteiger partial charge in [-0.3, -0.25) is 24.2 Å². The summed E-state index contributed by atoms with van der Waals surface area (Å²) >= 11 is 12.3. The maximum absolute atomic E-state index is 14.6. The highest BCUT2D eigenvalue weighted by Gasteiger charge is 2.68. The van der Waals surface area contributed by atoms with Gasteiger partial charge in [0.15, 0.2) is 5.82 Å². The molecule has 272 valence electrons. The molecule has 4 amide bonds. The SMILES string of the molecule is CN(c1nc(C(F)(F)F)ccc1Cl)N1C(=O)C2CC=C3C(CC4C(=O)N(c5ccc(F)c(Cl)c5)C(=O)C4(C)C3c3ccccc3OCCO)C2C1=O. The van der Waals surface area contributed by atoms with Crippen molar-refractivity contribution in [2.75, 3.05) is 30.2 Å². The van der Waals surface area contributed by atoms with Crippen LogP contribution >= 0.6 is 23.2 Å². The molecule has 3 aromatic rings. The first-order chi connectivity index (χ1) is 24.6. The molecule has 52 heavy (non-hydrogen) atoms. The van der Waals surface area contributed by atoms with Crippen molar-refractivity contribution in [3.05, 3.63) is 93.4 Å². The van der Waals surface area contributed by atoms with Gasteiger partial charge < -0.3 is 9.84 Å². The quantitative estimate of drug-likeness (QED) is 0.172. The van der Waals surface area contributed by atoms with E-state index in [0.29, 0.717) is 23.0 Å². The molecule has 2 aliphatic heterocycles. The number of pyridine rings is 1. The molecule has 2 aromatic carbocycles. The van der Waals surface area contributed by atoms with Crippen LogP contribution in [-0.2, 0) is 25.4 Å². The third-order valence-electron chi connectivity index (χ3n) is 10.7. The number of hydrogen-bond acceptors (Lipinski definition) is 8. The van der Waals surface area contributed by atoms with Crippen LogP contribution in [0.4, 0.5) is 29.1 Å². The number of allylic oxidation sites excluding steroid dienone is 2. The van der Waals surface area contributed by atoms with Crippen molar-refractivity contribution in [1.82, 2.24) is 9.99 Å². The number of carbonyl (C=O) groups is 4.